The second-order valence-corrected chi connectivity index (χ2v) is 5.83. The van der Waals surface area contributed by atoms with Gasteiger partial charge in [0, 0.05) is 25.0 Å². The maximum atomic E-state index is 13.7. The van der Waals surface area contributed by atoms with Crippen molar-refractivity contribution in [3.8, 4) is 0 Å². The van der Waals surface area contributed by atoms with E-state index in [1.54, 1.807) is 47.0 Å². The Bertz CT molecular complexity index is 857. The normalized spacial score (nSPS) is 10.7. The average Bonchev–Trinajstić information content (AvgIpc) is 3.08. The Morgan fingerprint density at radius 2 is 2.13 bits per heavy atom. The number of nitrogens with zero attached hydrogens (tertiary/aromatic N) is 4. The zero-order chi connectivity index (χ0) is 16.4. The van der Waals surface area contributed by atoms with Crippen molar-refractivity contribution >= 4 is 27.7 Å². The third kappa shape index (κ3) is 3.48. The van der Waals surface area contributed by atoms with Crippen molar-refractivity contribution in [1.82, 2.24) is 19.6 Å². The van der Waals surface area contributed by atoms with E-state index in [9.17, 15) is 9.18 Å². The van der Waals surface area contributed by atoms with Gasteiger partial charge >= 0.3 is 0 Å². The van der Waals surface area contributed by atoms with Gasteiger partial charge in [-0.3, -0.25) is 14.2 Å². The van der Waals surface area contributed by atoms with Crippen molar-refractivity contribution in [3.05, 3.63) is 64.3 Å². The van der Waals surface area contributed by atoms with Crippen LogP contribution in [0.25, 0.3) is 0 Å². The highest BCUT2D eigenvalue weighted by Gasteiger charge is 2.14. The van der Waals surface area contributed by atoms with Crippen LogP contribution in [-0.4, -0.2) is 25.5 Å². The first kappa shape index (κ1) is 15.4. The Morgan fingerprint density at radius 1 is 1.35 bits per heavy atom. The molecule has 23 heavy (non-hydrogen) atoms. The minimum absolute atomic E-state index is 0.272. The second kappa shape index (κ2) is 6.33. The highest BCUT2D eigenvalue weighted by molar-refractivity contribution is 9.10. The monoisotopic (exact) mass is 377 g/mol. The van der Waals surface area contributed by atoms with Gasteiger partial charge in [-0.2, -0.15) is 10.2 Å². The summed E-state index contributed by atoms with van der Waals surface area (Å²) in [6.45, 7) is 0.272. The molecule has 0 spiro atoms. The molecular weight excluding hydrogens is 365 g/mol. The number of aromatic nitrogens is 4. The van der Waals surface area contributed by atoms with E-state index in [4.69, 9.17) is 0 Å². The molecule has 0 unspecified atom stereocenters. The van der Waals surface area contributed by atoms with E-state index < -0.39 is 0 Å². The molecule has 0 atom stereocenters. The molecule has 0 aliphatic heterocycles. The number of anilines is 1. The molecule has 0 aliphatic carbocycles. The predicted octanol–water partition coefficient (Wildman–Crippen LogP) is 2.82. The second-order valence-electron chi connectivity index (χ2n) is 4.97. The van der Waals surface area contributed by atoms with Crippen LogP contribution in [0.4, 0.5) is 10.2 Å². The van der Waals surface area contributed by atoms with Crippen molar-refractivity contribution in [2.45, 2.75) is 6.54 Å². The Labute approximate surface area is 140 Å². The highest BCUT2D eigenvalue weighted by Crippen LogP contribution is 2.21. The van der Waals surface area contributed by atoms with Gasteiger partial charge < -0.3 is 5.32 Å². The van der Waals surface area contributed by atoms with E-state index >= 15 is 0 Å². The van der Waals surface area contributed by atoms with Crippen LogP contribution in [0.1, 0.15) is 15.9 Å². The van der Waals surface area contributed by atoms with Crippen molar-refractivity contribution in [2.75, 3.05) is 5.32 Å². The van der Waals surface area contributed by atoms with Crippen molar-refractivity contribution in [2.24, 2.45) is 7.05 Å². The molecule has 2 heterocycles. The molecule has 0 saturated carbocycles. The quantitative estimate of drug-likeness (QED) is 0.760. The van der Waals surface area contributed by atoms with Crippen molar-refractivity contribution < 1.29 is 9.18 Å². The van der Waals surface area contributed by atoms with Gasteiger partial charge in [0.1, 0.15) is 5.82 Å². The number of hydrogen-bond acceptors (Lipinski definition) is 3. The van der Waals surface area contributed by atoms with Gasteiger partial charge in [-0.1, -0.05) is 18.2 Å². The lowest BCUT2D eigenvalue weighted by Crippen LogP contribution is -2.12. The minimum atomic E-state index is -0.310. The highest BCUT2D eigenvalue weighted by atomic mass is 79.9. The maximum absolute atomic E-state index is 13.7. The molecule has 0 fully saturated rings. The number of amides is 1. The van der Waals surface area contributed by atoms with Crippen LogP contribution in [0, 0.1) is 5.82 Å². The molecule has 1 amide bonds. The number of benzene rings is 1. The van der Waals surface area contributed by atoms with Gasteiger partial charge in [0.2, 0.25) is 0 Å². The fraction of sp³-hybridized carbons (Fsp3) is 0.133. The summed E-state index contributed by atoms with van der Waals surface area (Å²) in [5.41, 5.74) is 0.954. The molecule has 1 aromatic carbocycles. The first-order valence-electron chi connectivity index (χ1n) is 6.79. The number of rotatable bonds is 4. The van der Waals surface area contributed by atoms with E-state index in [-0.39, 0.29) is 18.3 Å². The number of aryl methyl sites for hydroxylation is 1. The summed E-state index contributed by atoms with van der Waals surface area (Å²) in [7, 11) is 1.73. The number of carbonyl (C=O) groups excluding carboxylic acids is 1. The van der Waals surface area contributed by atoms with Gasteiger partial charge in [0.25, 0.3) is 5.91 Å². The molecule has 3 aromatic rings. The van der Waals surface area contributed by atoms with Gasteiger partial charge in [-0.25, -0.2) is 4.39 Å². The summed E-state index contributed by atoms with van der Waals surface area (Å²) in [6.07, 6.45) is 4.77. The van der Waals surface area contributed by atoms with Crippen LogP contribution in [0.15, 0.2) is 47.3 Å². The number of hydrogen-bond donors (Lipinski definition) is 1. The van der Waals surface area contributed by atoms with Gasteiger partial charge in [-0.15, -0.1) is 0 Å². The SMILES string of the molecule is Cn1cc(C(=O)Nc2nn(Cc3ccccc3F)cc2Br)cn1. The molecule has 1 N–H and O–H groups in total. The van der Waals surface area contributed by atoms with Gasteiger partial charge in [0.15, 0.2) is 5.82 Å². The van der Waals surface area contributed by atoms with Crippen molar-refractivity contribution in [1.29, 1.82) is 0 Å². The summed E-state index contributed by atoms with van der Waals surface area (Å²) in [6, 6.07) is 6.50. The molecule has 8 heteroatoms. The smallest absolute Gasteiger partial charge is 0.260 e. The van der Waals surface area contributed by atoms with Crippen LogP contribution < -0.4 is 5.32 Å². The van der Waals surface area contributed by atoms with E-state index in [2.05, 4.69) is 31.4 Å². The topological polar surface area (TPSA) is 64.7 Å². The average molecular weight is 378 g/mol. The summed E-state index contributed by atoms with van der Waals surface area (Å²) in [5.74, 6) is -0.231. The van der Waals surface area contributed by atoms with Crippen LogP contribution in [-0.2, 0) is 13.6 Å². The molecular formula is C15H13BrFN5O. The Balaban J connectivity index is 1.76. The summed E-state index contributed by atoms with van der Waals surface area (Å²) >= 11 is 3.34. The largest absolute Gasteiger partial charge is 0.304 e. The molecule has 0 radical (unpaired) electrons. The lowest BCUT2D eigenvalue weighted by molar-refractivity contribution is 0.102. The molecule has 0 bridgehead atoms. The van der Waals surface area contributed by atoms with Crippen LogP contribution in [0.5, 0.6) is 0 Å². The third-order valence-corrected chi connectivity index (χ3v) is 3.79. The lowest BCUT2D eigenvalue weighted by atomic mass is 10.2. The first-order valence-corrected chi connectivity index (χ1v) is 7.58. The van der Waals surface area contributed by atoms with Gasteiger partial charge in [-0.05, 0) is 22.0 Å². The van der Waals surface area contributed by atoms with E-state index in [0.29, 0.717) is 21.4 Å². The standard InChI is InChI=1S/C15H13BrFN5O/c1-21-7-11(6-18-21)15(23)19-14-12(16)9-22(20-14)8-10-4-2-3-5-13(10)17/h2-7,9H,8H2,1H3,(H,19,20,23). The zero-order valence-electron chi connectivity index (χ0n) is 12.2. The fourth-order valence-corrected chi connectivity index (χ4v) is 2.50. The number of nitrogens with one attached hydrogen (secondary N) is 1. The molecule has 0 aliphatic rings. The first-order chi connectivity index (χ1) is 11.0. The third-order valence-electron chi connectivity index (χ3n) is 3.21. The summed E-state index contributed by atoms with van der Waals surface area (Å²) < 4.78 is 17.4. The van der Waals surface area contributed by atoms with E-state index in [0.717, 1.165) is 0 Å². The molecule has 3 rings (SSSR count). The molecule has 118 valence electrons. The lowest BCUT2D eigenvalue weighted by Gasteiger charge is -2.03. The summed E-state index contributed by atoms with van der Waals surface area (Å²) in [4.78, 5) is 12.1. The Morgan fingerprint density at radius 3 is 2.83 bits per heavy atom. The van der Waals surface area contributed by atoms with Crippen LogP contribution >= 0.6 is 15.9 Å². The van der Waals surface area contributed by atoms with E-state index in [1.165, 1.54) is 12.3 Å². The maximum Gasteiger partial charge on any atom is 0.260 e. The van der Waals surface area contributed by atoms with Gasteiger partial charge in [0.05, 0.1) is 22.8 Å². The van der Waals surface area contributed by atoms with Crippen LogP contribution in [0.3, 0.4) is 0 Å². The van der Waals surface area contributed by atoms with Crippen molar-refractivity contribution in [3.63, 3.8) is 0 Å². The number of halogens is 2. The minimum Gasteiger partial charge on any atom is -0.304 e. The summed E-state index contributed by atoms with van der Waals surface area (Å²) in [5, 5.41) is 10.9. The molecule has 2 aromatic heterocycles. The predicted molar refractivity (Wildman–Crippen MR) is 86.6 cm³/mol. The molecule has 0 saturated heterocycles. The fourth-order valence-electron chi connectivity index (χ4n) is 2.08. The number of carbonyl (C=O) groups is 1. The van der Waals surface area contributed by atoms with Crippen LogP contribution in [0.2, 0.25) is 0 Å². The van der Waals surface area contributed by atoms with E-state index in [1.807, 2.05) is 0 Å². The Hall–Kier alpha value is -2.48. The zero-order valence-corrected chi connectivity index (χ0v) is 13.8. The Kier molecular flexibility index (Phi) is 4.24. The molecule has 6 nitrogen and oxygen atoms in total.